The van der Waals surface area contributed by atoms with E-state index in [1.807, 2.05) is 31.2 Å². The number of carbonyl (C=O) groups is 1. The molecule has 0 heterocycles. The number of thioether (sulfide) groups is 1. The molecule has 0 aliphatic rings. The molecule has 2 rings (SSSR count). The summed E-state index contributed by atoms with van der Waals surface area (Å²) in [6.45, 7) is 1.93. The van der Waals surface area contributed by atoms with E-state index in [4.69, 9.17) is 4.74 Å². The maximum absolute atomic E-state index is 13.2. The zero-order chi connectivity index (χ0) is 17.7. The molecule has 2 aromatic rings. The standard InChI is InChI=1S/C18H19F2NO2S/c1-12(13-4-6-14(23-3)7-5-13)21(2)18(22)11-24-15-8-9-16(19)17(20)10-15/h4-10,12H,11H2,1-3H3. The van der Waals surface area contributed by atoms with Crippen molar-refractivity contribution in [3.8, 4) is 5.75 Å². The van der Waals surface area contributed by atoms with Crippen LogP contribution in [-0.4, -0.2) is 30.7 Å². The van der Waals surface area contributed by atoms with Crippen LogP contribution in [0.2, 0.25) is 0 Å². The normalized spacial score (nSPS) is 11.9. The number of hydrogen-bond donors (Lipinski definition) is 0. The van der Waals surface area contributed by atoms with Gasteiger partial charge in [-0.1, -0.05) is 12.1 Å². The molecular weight excluding hydrogens is 332 g/mol. The van der Waals surface area contributed by atoms with Gasteiger partial charge >= 0.3 is 0 Å². The molecule has 0 fully saturated rings. The Morgan fingerprint density at radius 1 is 1.17 bits per heavy atom. The summed E-state index contributed by atoms with van der Waals surface area (Å²) < 4.78 is 31.2. The predicted octanol–water partition coefficient (Wildman–Crippen LogP) is 4.29. The first-order valence-corrected chi connectivity index (χ1v) is 8.38. The summed E-state index contributed by atoms with van der Waals surface area (Å²) in [5, 5.41) is 0. The third-order valence-electron chi connectivity index (χ3n) is 3.83. The van der Waals surface area contributed by atoms with Crippen LogP contribution in [0.4, 0.5) is 8.78 Å². The molecule has 24 heavy (non-hydrogen) atoms. The molecule has 0 aromatic heterocycles. The minimum absolute atomic E-state index is 0.0898. The Labute approximate surface area is 144 Å². The number of amides is 1. The van der Waals surface area contributed by atoms with E-state index in [0.717, 1.165) is 23.4 Å². The summed E-state index contributed by atoms with van der Waals surface area (Å²) in [5.74, 6) is -0.979. The molecule has 1 amide bonds. The minimum Gasteiger partial charge on any atom is -0.497 e. The molecule has 0 spiro atoms. The van der Waals surface area contributed by atoms with Gasteiger partial charge in [0, 0.05) is 11.9 Å². The number of carbonyl (C=O) groups excluding carboxylic acids is 1. The van der Waals surface area contributed by atoms with Crippen LogP contribution in [0.25, 0.3) is 0 Å². The molecule has 2 aromatic carbocycles. The maximum atomic E-state index is 13.2. The average molecular weight is 351 g/mol. The lowest BCUT2D eigenvalue weighted by Crippen LogP contribution is -2.31. The molecule has 3 nitrogen and oxygen atoms in total. The van der Waals surface area contributed by atoms with Gasteiger partial charge < -0.3 is 9.64 Å². The van der Waals surface area contributed by atoms with E-state index < -0.39 is 11.6 Å². The lowest BCUT2D eigenvalue weighted by atomic mass is 10.1. The fourth-order valence-corrected chi connectivity index (χ4v) is 2.98. The van der Waals surface area contributed by atoms with Crippen molar-refractivity contribution in [1.82, 2.24) is 4.90 Å². The van der Waals surface area contributed by atoms with Crippen molar-refractivity contribution >= 4 is 17.7 Å². The molecule has 0 aliphatic heterocycles. The molecule has 0 saturated carbocycles. The van der Waals surface area contributed by atoms with E-state index in [9.17, 15) is 13.6 Å². The summed E-state index contributed by atoms with van der Waals surface area (Å²) in [6.07, 6.45) is 0. The number of methoxy groups -OCH3 is 1. The molecule has 128 valence electrons. The Bertz CT molecular complexity index is 707. The fourth-order valence-electron chi connectivity index (χ4n) is 2.14. The molecule has 0 aliphatic carbocycles. The highest BCUT2D eigenvalue weighted by Gasteiger charge is 2.18. The van der Waals surface area contributed by atoms with Crippen LogP contribution in [-0.2, 0) is 4.79 Å². The second-order valence-electron chi connectivity index (χ2n) is 5.32. The van der Waals surface area contributed by atoms with Gasteiger partial charge in [0.1, 0.15) is 5.75 Å². The first kappa shape index (κ1) is 18.3. The maximum Gasteiger partial charge on any atom is 0.233 e. The highest BCUT2D eigenvalue weighted by molar-refractivity contribution is 8.00. The molecule has 0 N–H and O–H groups in total. The van der Waals surface area contributed by atoms with Crippen LogP contribution in [0, 0.1) is 11.6 Å². The Hall–Kier alpha value is -2.08. The highest BCUT2D eigenvalue weighted by Crippen LogP contribution is 2.24. The molecule has 1 unspecified atom stereocenters. The number of hydrogen-bond acceptors (Lipinski definition) is 3. The van der Waals surface area contributed by atoms with Crippen LogP contribution in [0.15, 0.2) is 47.4 Å². The van der Waals surface area contributed by atoms with Crippen molar-refractivity contribution in [2.24, 2.45) is 0 Å². The number of nitrogens with zero attached hydrogens (tertiary/aromatic N) is 1. The van der Waals surface area contributed by atoms with Crippen LogP contribution in [0.5, 0.6) is 5.75 Å². The Balaban J connectivity index is 1.96. The van der Waals surface area contributed by atoms with E-state index in [1.165, 1.54) is 17.8 Å². The van der Waals surface area contributed by atoms with E-state index in [1.54, 1.807) is 19.1 Å². The monoisotopic (exact) mass is 351 g/mol. The van der Waals surface area contributed by atoms with Crippen molar-refractivity contribution in [3.05, 3.63) is 59.7 Å². The number of ether oxygens (including phenoxy) is 1. The average Bonchev–Trinajstić information content (AvgIpc) is 2.61. The van der Waals surface area contributed by atoms with Crippen molar-refractivity contribution in [3.63, 3.8) is 0 Å². The molecule has 6 heteroatoms. The van der Waals surface area contributed by atoms with Gasteiger partial charge in [0.15, 0.2) is 11.6 Å². The second kappa shape index (κ2) is 8.15. The lowest BCUT2D eigenvalue weighted by molar-refractivity contribution is -0.128. The van der Waals surface area contributed by atoms with Crippen molar-refractivity contribution in [2.75, 3.05) is 19.9 Å². The fraction of sp³-hybridized carbons (Fsp3) is 0.278. The Kier molecular flexibility index (Phi) is 6.20. The summed E-state index contributed by atoms with van der Waals surface area (Å²) in [5.41, 5.74) is 0.990. The first-order valence-electron chi connectivity index (χ1n) is 7.40. The van der Waals surface area contributed by atoms with Gasteiger partial charge in [-0.25, -0.2) is 8.78 Å². The van der Waals surface area contributed by atoms with Crippen LogP contribution < -0.4 is 4.74 Å². The quantitative estimate of drug-likeness (QED) is 0.728. The lowest BCUT2D eigenvalue weighted by Gasteiger charge is -2.25. The van der Waals surface area contributed by atoms with Crippen LogP contribution in [0.1, 0.15) is 18.5 Å². The van der Waals surface area contributed by atoms with Gasteiger partial charge in [-0.05, 0) is 42.8 Å². The molecule has 0 saturated heterocycles. The van der Waals surface area contributed by atoms with Crippen molar-refractivity contribution in [1.29, 1.82) is 0 Å². The topological polar surface area (TPSA) is 29.5 Å². The summed E-state index contributed by atoms with van der Waals surface area (Å²) in [4.78, 5) is 14.5. The SMILES string of the molecule is COc1ccc(C(C)N(C)C(=O)CSc2ccc(F)c(F)c2)cc1. The van der Waals surface area contributed by atoms with E-state index >= 15 is 0 Å². The largest absolute Gasteiger partial charge is 0.497 e. The second-order valence-corrected chi connectivity index (χ2v) is 6.37. The summed E-state index contributed by atoms with van der Waals surface area (Å²) in [6, 6.07) is 11.0. The number of rotatable bonds is 6. The Morgan fingerprint density at radius 3 is 2.42 bits per heavy atom. The van der Waals surface area contributed by atoms with Crippen LogP contribution in [0.3, 0.4) is 0 Å². The highest BCUT2D eigenvalue weighted by atomic mass is 32.2. The number of benzene rings is 2. The molecule has 0 radical (unpaired) electrons. The zero-order valence-electron chi connectivity index (χ0n) is 13.8. The van der Waals surface area contributed by atoms with E-state index in [2.05, 4.69) is 0 Å². The first-order chi connectivity index (χ1) is 11.4. The number of halogens is 2. The van der Waals surface area contributed by atoms with E-state index in [0.29, 0.717) is 4.90 Å². The van der Waals surface area contributed by atoms with Gasteiger partial charge in [0.05, 0.1) is 18.9 Å². The molecule has 0 bridgehead atoms. The van der Waals surface area contributed by atoms with Gasteiger partial charge in [0.25, 0.3) is 0 Å². The minimum atomic E-state index is -0.910. The van der Waals surface area contributed by atoms with Crippen LogP contribution >= 0.6 is 11.8 Å². The van der Waals surface area contributed by atoms with Gasteiger partial charge in [-0.2, -0.15) is 0 Å². The molecular formula is C18H19F2NO2S. The van der Waals surface area contributed by atoms with Gasteiger partial charge in [-0.15, -0.1) is 11.8 Å². The van der Waals surface area contributed by atoms with E-state index in [-0.39, 0.29) is 17.7 Å². The van der Waals surface area contributed by atoms with Gasteiger partial charge in [0.2, 0.25) is 5.91 Å². The third-order valence-corrected chi connectivity index (χ3v) is 4.80. The Morgan fingerprint density at radius 2 is 1.83 bits per heavy atom. The predicted molar refractivity (Wildman–Crippen MR) is 91.3 cm³/mol. The van der Waals surface area contributed by atoms with Crippen molar-refractivity contribution in [2.45, 2.75) is 17.9 Å². The summed E-state index contributed by atoms with van der Waals surface area (Å²) in [7, 11) is 3.33. The van der Waals surface area contributed by atoms with Crippen molar-refractivity contribution < 1.29 is 18.3 Å². The summed E-state index contributed by atoms with van der Waals surface area (Å²) >= 11 is 1.18. The van der Waals surface area contributed by atoms with Gasteiger partial charge in [-0.3, -0.25) is 4.79 Å². The smallest absolute Gasteiger partial charge is 0.233 e. The third kappa shape index (κ3) is 4.47. The molecule has 1 atom stereocenters. The zero-order valence-corrected chi connectivity index (χ0v) is 14.6.